The summed E-state index contributed by atoms with van der Waals surface area (Å²) in [5.41, 5.74) is 1.51. The quantitative estimate of drug-likeness (QED) is 0.823. The van der Waals surface area contributed by atoms with Gasteiger partial charge in [0.05, 0.1) is 6.04 Å². The van der Waals surface area contributed by atoms with E-state index in [0.29, 0.717) is 6.04 Å². The lowest BCUT2D eigenvalue weighted by Gasteiger charge is -2.32. The van der Waals surface area contributed by atoms with Gasteiger partial charge in [-0.15, -0.1) is 0 Å². The van der Waals surface area contributed by atoms with E-state index in [2.05, 4.69) is 22.2 Å². The van der Waals surface area contributed by atoms with Gasteiger partial charge in [-0.3, -0.25) is 0 Å². The van der Waals surface area contributed by atoms with Crippen LogP contribution < -0.4 is 5.32 Å². The molecule has 0 bridgehead atoms. The van der Waals surface area contributed by atoms with Crippen LogP contribution in [0.25, 0.3) is 0 Å². The molecule has 0 aromatic carbocycles. The molecule has 17 heavy (non-hydrogen) atoms. The fourth-order valence-corrected chi connectivity index (χ4v) is 2.83. The Labute approximate surface area is 102 Å². The minimum atomic E-state index is 0.224. The molecule has 0 amide bonds. The Hall–Kier alpha value is -0.870. The van der Waals surface area contributed by atoms with Crippen LogP contribution >= 0.6 is 0 Å². The Kier molecular flexibility index (Phi) is 2.92. The van der Waals surface area contributed by atoms with E-state index in [1.54, 1.807) is 0 Å². The van der Waals surface area contributed by atoms with Gasteiger partial charge < -0.3 is 15.0 Å². The molecule has 2 aliphatic rings. The standard InChI is InChI=1S/C13H21N3O/c1-13(4-7-17-8-5-13)11-9-15-12(16-11)10-3-2-6-14-10/h9-10,14H,2-8H2,1H3,(H,15,16). The van der Waals surface area contributed by atoms with Gasteiger partial charge in [0.15, 0.2) is 0 Å². The Morgan fingerprint density at radius 1 is 1.41 bits per heavy atom. The van der Waals surface area contributed by atoms with Gasteiger partial charge in [-0.05, 0) is 32.2 Å². The monoisotopic (exact) mass is 235 g/mol. The maximum absolute atomic E-state index is 5.45. The lowest BCUT2D eigenvalue weighted by atomic mass is 9.80. The maximum Gasteiger partial charge on any atom is 0.123 e. The zero-order valence-corrected chi connectivity index (χ0v) is 10.5. The summed E-state index contributed by atoms with van der Waals surface area (Å²) in [4.78, 5) is 8.10. The molecule has 0 aliphatic carbocycles. The Morgan fingerprint density at radius 3 is 2.94 bits per heavy atom. The predicted molar refractivity (Wildman–Crippen MR) is 66.0 cm³/mol. The summed E-state index contributed by atoms with van der Waals surface area (Å²) >= 11 is 0. The van der Waals surface area contributed by atoms with Crippen molar-refractivity contribution in [2.75, 3.05) is 19.8 Å². The molecule has 94 valence electrons. The molecule has 4 heteroatoms. The largest absolute Gasteiger partial charge is 0.381 e. The molecule has 1 atom stereocenters. The highest BCUT2D eigenvalue weighted by molar-refractivity contribution is 5.17. The average Bonchev–Trinajstić information content (AvgIpc) is 3.01. The van der Waals surface area contributed by atoms with Gasteiger partial charge in [0, 0.05) is 30.5 Å². The highest BCUT2D eigenvalue weighted by Gasteiger charge is 2.32. The average molecular weight is 235 g/mol. The molecule has 2 saturated heterocycles. The van der Waals surface area contributed by atoms with E-state index in [1.165, 1.54) is 18.5 Å². The van der Waals surface area contributed by atoms with Crippen molar-refractivity contribution in [1.82, 2.24) is 15.3 Å². The molecule has 1 aromatic heterocycles. The van der Waals surface area contributed by atoms with Crippen LogP contribution in [0.4, 0.5) is 0 Å². The zero-order valence-electron chi connectivity index (χ0n) is 10.5. The van der Waals surface area contributed by atoms with Crippen molar-refractivity contribution in [3.8, 4) is 0 Å². The highest BCUT2D eigenvalue weighted by Crippen LogP contribution is 2.34. The first-order valence-corrected chi connectivity index (χ1v) is 6.64. The van der Waals surface area contributed by atoms with Crippen LogP contribution in [-0.2, 0) is 10.2 Å². The molecular weight excluding hydrogens is 214 g/mol. The first kappa shape index (κ1) is 11.2. The summed E-state index contributed by atoms with van der Waals surface area (Å²) in [6, 6.07) is 0.437. The number of hydrogen-bond acceptors (Lipinski definition) is 3. The van der Waals surface area contributed by atoms with Crippen LogP contribution in [0.1, 0.15) is 50.2 Å². The van der Waals surface area contributed by atoms with Crippen molar-refractivity contribution >= 4 is 0 Å². The van der Waals surface area contributed by atoms with Gasteiger partial charge in [-0.1, -0.05) is 6.92 Å². The Balaban J connectivity index is 1.78. The molecule has 0 saturated carbocycles. The van der Waals surface area contributed by atoms with Crippen molar-refractivity contribution in [2.24, 2.45) is 0 Å². The van der Waals surface area contributed by atoms with Crippen molar-refractivity contribution in [3.63, 3.8) is 0 Å². The van der Waals surface area contributed by atoms with E-state index in [1.807, 2.05) is 6.20 Å². The van der Waals surface area contributed by atoms with Crippen LogP contribution in [0.15, 0.2) is 6.20 Å². The highest BCUT2D eigenvalue weighted by atomic mass is 16.5. The Bertz CT molecular complexity index is 376. The third-order valence-corrected chi connectivity index (χ3v) is 4.23. The molecule has 3 heterocycles. The van der Waals surface area contributed by atoms with Crippen LogP contribution in [0.2, 0.25) is 0 Å². The summed E-state index contributed by atoms with van der Waals surface area (Å²) in [6.45, 7) is 5.17. The number of rotatable bonds is 2. The minimum absolute atomic E-state index is 0.224. The SMILES string of the molecule is CC1(c2cnc(C3CCCN3)[nH]2)CCOCC1. The number of nitrogens with one attached hydrogen (secondary N) is 2. The van der Waals surface area contributed by atoms with Crippen molar-refractivity contribution in [3.05, 3.63) is 17.7 Å². The summed E-state index contributed by atoms with van der Waals surface area (Å²) in [7, 11) is 0. The van der Waals surface area contributed by atoms with E-state index >= 15 is 0 Å². The van der Waals surface area contributed by atoms with Gasteiger partial charge in [-0.25, -0.2) is 4.98 Å². The van der Waals surface area contributed by atoms with Gasteiger partial charge in [0.25, 0.3) is 0 Å². The predicted octanol–water partition coefficient (Wildman–Crippen LogP) is 1.90. The number of H-pyrrole nitrogens is 1. The smallest absolute Gasteiger partial charge is 0.123 e. The fourth-order valence-electron chi connectivity index (χ4n) is 2.83. The summed E-state index contributed by atoms with van der Waals surface area (Å²) in [5, 5.41) is 3.48. The lowest BCUT2D eigenvalue weighted by Crippen LogP contribution is -2.31. The summed E-state index contributed by atoms with van der Waals surface area (Å²) in [6.07, 6.45) is 6.67. The normalized spacial score (nSPS) is 28.4. The van der Waals surface area contributed by atoms with Gasteiger partial charge in [0.1, 0.15) is 5.82 Å². The molecule has 0 spiro atoms. The number of imidazole rings is 1. The molecule has 1 unspecified atom stereocenters. The van der Waals surface area contributed by atoms with Gasteiger partial charge in [0.2, 0.25) is 0 Å². The van der Waals surface area contributed by atoms with Crippen LogP contribution in [0.3, 0.4) is 0 Å². The lowest BCUT2D eigenvalue weighted by molar-refractivity contribution is 0.0551. The number of hydrogen-bond donors (Lipinski definition) is 2. The number of ether oxygens (including phenoxy) is 1. The zero-order chi connectivity index (χ0) is 11.7. The molecule has 2 aliphatic heterocycles. The number of nitrogens with zero attached hydrogens (tertiary/aromatic N) is 1. The second-order valence-corrected chi connectivity index (χ2v) is 5.50. The topological polar surface area (TPSA) is 49.9 Å². The van der Waals surface area contributed by atoms with Crippen molar-refractivity contribution in [1.29, 1.82) is 0 Å². The number of aromatic nitrogens is 2. The molecule has 3 rings (SSSR count). The third kappa shape index (κ3) is 2.11. The van der Waals surface area contributed by atoms with E-state index < -0.39 is 0 Å². The molecule has 2 fully saturated rings. The van der Waals surface area contributed by atoms with E-state index in [0.717, 1.165) is 38.4 Å². The second kappa shape index (κ2) is 4.42. The first-order chi connectivity index (χ1) is 8.28. The number of aromatic amines is 1. The second-order valence-electron chi connectivity index (χ2n) is 5.50. The van der Waals surface area contributed by atoms with E-state index in [4.69, 9.17) is 4.74 Å². The summed E-state index contributed by atoms with van der Waals surface area (Å²) in [5.74, 6) is 1.12. The molecule has 2 N–H and O–H groups in total. The minimum Gasteiger partial charge on any atom is -0.381 e. The van der Waals surface area contributed by atoms with E-state index in [9.17, 15) is 0 Å². The molecule has 1 aromatic rings. The molecule has 4 nitrogen and oxygen atoms in total. The van der Waals surface area contributed by atoms with Crippen LogP contribution in [0, 0.1) is 0 Å². The molecular formula is C13H21N3O. The van der Waals surface area contributed by atoms with Crippen LogP contribution in [-0.4, -0.2) is 29.7 Å². The van der Waals surface area contributed by atoms with Gasteiger partial charge in [-0.2, -0.15) is 0 Å². The van der Waals surface area contributed by atoms with Gasteiger partial charge >= 0.3 is 0 Å². The fraction of sp³-hybridized carbons (Fsp3) is 0.769. The van der Waals surface area contributed by atoms with Crippen molar-refractivity contribution < 1.29 is 4.74 Å². The van der Waals surface area contributed by atoms with Crippen LogP contribution in [0.5, 0.6) is 0 Å². The molecule has 0 radical (unpaired) electrons. The van der Waals surface area contributed by atoms with Crippen molar-refractivity contribution in [2.45, 2.75) is 44.1 Å². The summed E-state index contributed by atoms with van der Waals surface area (Å²) < 4.78 is 5.45. The maximum atomic E-state index is 5.45. The van der Waals surface area contributed by atoms with E-state index in [-0.39, 0.29) is 5.41 Å². The Morgan fingerprint density at radius 2 is 2.24 bits per heavy atom. The third-order valence-electron chi connectivity index (χ3n) is 4.23. The first-order valence-electron chi connectivity index (χ1n) is 6.64.